The van der Waals surface area contributed by atoms with Crippen molar-refractivity contribution in [3.63, 3.8) is 0 Å². The van der Waals surface area contributed by atoms with E-state index in [9.17, 15) is 0 Å². The zero-order chi connectivity index (χ0) is 11.4. The molecule has 1 heterocycles. The third-order valence-electron chi connectivity index (χ3n) is 2.06. The van der Waals surface area contributed by atoms with Crippen molar-refractivity contribution in [2.75, 3.05) is 26.4 Å². The normalized spacial score (nSPS) is 10.7. The van der Waals surface area contributed by atoms with E-state index in [1.54, 1.807) is 16.4 Å². The SMILES string of the molecule is Cc1nn(C)c(SCCN(C)C)c1C#N. The van der Waals surface area contributed by atoms with Crippen LogP contribution in [0.1, 0.15) is 11.3 Å². The highest BCUT2D eigenvalue weighted by atomic mass is 32.2. The molecule has 0 unspecified atom stereocenters. The topological polar surface area (TPSA) is 44.9 Å². The summed E-state index contributed by atoms with van der Waals surface area (Å²) in [6.45, 7) is 2.87. The maximum absolute atomic E-state index is 8.99. The molecule has 1 aromatic rings. The highest BCUT2D eigenvalue weighted by Crippen LogP contribution is 2.23. The maximum Gasteiger partial charge on any atom is 0.112 e. The van der Waals surface area contributed by atoms with Crippen LogP contribution in [0.15, 0.2) is 5.03 Å². The Labute approximate surface area is 94.9 Å². The molecule has 0 aliphatic heterocycles. The monoisotopic (exact) mass is 224 g/mol. The largest absolute Gasteiger partial charge is 0.309 e. The van der Waals surface area contributed by atoms with Crippen LogP contribution < -0.4 is 0 Å². The smallest absolute Gasteiger partial charge is 0.112 e. The summed E-state index contributed by atoms with van der Waals surface area (Å²) in [7, 11) is 5.96. The van der Waals surface area contributed by atoms with Crippen molar-refractivity contribution in [3.8, 4) is 6.07 Å². The molecule has 1 rings (SSSR count). The molecule has 1 aromatic heterocycles. The van der Waals surface area contributed by atoms with Crippen LogP contribution in [0, 0.1) is 18.3 Å². The van der Waals surface area contributed by atoms with Crippen LogP contribution in [0.4, 0.5) is 0 Å². The van der Waals surface area contributed by atoms with Crippen LogP contribution in [-0.2, 0) is 7.05 Å². The Morgan fingerprint density at radius 3 is 2.73 bits per heavy atom. The summed E-state index contributed by atoms with van der Waals surface area (Å²) >= 11 is 1.68. The lowest BCUT2D eigenvalue weighted by molar-refractivity contribution is 0.437. The molecule has 0 aliphatic rings. The van der Waals surface area contributed by atoms with E-state index in [0.717, 1.165) is 23.0 Å². The predicted octanol–water partition coefficient (Wildman–Crippen LogP) is 1.25. The van der Waals surface area contributed by atoms with E-state index in [4.69, 9.17) is 5.26 Å². The van der Waals surface area contributed by atoms with Crippen LogP contribution in [0.5, 0.6) is 0 Å². The molecule has 0 N–H and O–H groups in total. The summed E-state index contributed by atoms with van der Waals surface area (Å²) in [5.41, 5.74) is 1.52. The van der Waals surface area contributed by atoms with Gasteiger partial charge in [-0.15, -0.1) is 11.8 Å². The average Bonchev–Trinajstić information content (AvgIpc) is 2.41. The van der Waals surface area contributed by atoms with E-state index >= 15 is 0 Å². The fourth-order valence-corrected chi connectivity index (χ4v) is 2.47. The van der Waals surface area contributed by atoms with Crippen LogP contribution >= 0.6 is 11.8 Å². The van der Waals surface area contributed by atoms with Gasteiger partial charge < -0.3 is 4.90 Å². The minimum Gasteiger partial charge on any atom is -0.309 e. The molecular weight excluding hydrogens is 208 g/mol. The number of aryl methyl sites for hydroxylation is 2. The number of hydrogen-bond acceptors (Lipinski definition) is 4. The van der Waals surface area contributed by atoms with Gasteiger partial charge in [0.2, 0.25) is 0 Å². The van der Waals surface area contributed by atoms with Gasteiger partial charge in [-0.3, -0.25) is 4.68 Å². The summed E-state index contributed by atoms with van der Waals surface area (Å²) in [5, 5.41) is 14.2. The van der Waals surface area contributed by atoms with E-state index in [1.165, 1.54) is 0 Å². The average molecular weight is 224 g/mol. The summed E-state index contributed by atoms with van der Waals surface area (Å²) in [6, 6.07) is 2.21. The second-order valence-corrected chi connectivity index (χ2v) is 4.74. The molecule has 0 fully saturated rings. The minimum absolute atomic E-state index is 0.709. The summed E-state index contributed by atoms with van der Waals surface area (Å²) in [5.74, 6) is 0.973. The van der Waals surface area contributed by atoms with E-state index in [-0.39, 0.29) is 0 Å². The van der Waals surface area contributed by atoms with Crippen LogP contribution in [0.3, 0.4) is 0 Å². The molecule has 0 radical (unpaired) electrons. The molecule has 82 valence electrons. The molecule has 15 heavy (non-hydrogen) atoms. The fraction of sp³-hybridized carbons (Fsp3) is 0.600. The van der Waals surface area contributed by atoms with Crippen molar-refractivity contribution in [1.29, 1.82) is 5.26 Å². The van der Waals surface area contributed by atoms with E-state index in [1.807, 2.05) is 28.1 Å². The zero-order valence-electron chi connectivity index (χ0n) is 9.61. The van der Waals surface area contributed by atoms with Gasteiger partial charge in [-0.2, -0.15) is 10.4 Å². The molecule has 0 atom stereocenters. The van der Waals surface area contributed by atoms with Crippen molar-refractivity contribution >= 4 is 11.8 Å². The van der Waals surface area contributed by atoms with Crippen molar-refractivity contribution in [3.05, 3.63) is 11.3 Å². The molecule has 0 saturated heterocycles. The van der Waals surface area contributed by atoms with Crippen molar-refractivity contribution in [2.45, 2.75) is 11.9 Å². The first kappa shape index (κ1) is 12.1. The van der Waals surface area contributed by atoms with Crippen LogP contribution in [0.2, 0.25) is 0 Å². The quantitative estimate of drug-likeness (QED) is 0.722. The first-order valence-corrected chi connectivity index (χ1v) is 5.76. The molecule has 0 spiro atoms. The minimum atomic E-state index is 0.709. The first-order chi connectivity index (χ1) is 7.06. The van der Waals surface area contributed by atoms with E-state index in [0.29, 0.717) is 5.56 Å². The summed E-state index contributed by atoms with van der Waals surface area (Å²) < 4.78 is 1.79. The second kappa shape index (κ2) is 5.19. The van der Waals surface area contributed by atoms with E-state index in [2.05, 4.69) is 16.1 Å². The Balaban J connectivity index is 2.72. The number of nitrogens with zero attached hydrogens (tertiary/aromatic N) is 4. The van der Waals surface area contributed by atoms with Crippen molar-refractivity contribution in [2.24, 2.45) is 7.05 Å². The Hall–Kier alpha value is -0.990. The van der Waals surface area contributed by atoms with Crippen LogP contribution in [-0.4, -0.2) is 41.1 Å². The highest BCUT2D eigenvalue weighted by Gasteiger charge is 2.12. The molecule has 0 saturated carbocycles. The van der Waals surface area contributed by atoms with Gasteiger partial charge in [0, 0.05) is 19.3 Å². The maximum atomic E-state index is 8.99. The highest BCUT2D eigenvalue weighted by molar-refractivity contribution is 7.99. The molecule has 0 aliphatic carbocycles. The molecular formula is C10H16N4S. The number of nitriles is 1. The Morgan fingerprint density at radius 1 is 1.53 bits per heavy atom. The second-order valence-electron chi connectivity index (χ2n) is 3.65. The predicted molar refractivity (Wildman–Crippen MR) is 61.9 cm³/mol. The van der Waals surface area contributed by atoms with Gasteiger partial charge >= 0.3 is 0 Å². The van der Waals surface area contributed by atoms with Gasteiger partial charge in [0.05, 0.1) is 5.69 Å². The summed E-state index contributed by atoms with van der Waals surface area (Å²) in [6.07, 6.45) is 0. The first-order valence-electron chi connectivity index (χ1n) is 4.77. The van der Waals surface area contributed by atoms with Gasteiger partial charge in [-0.05, 0) is 21.0 Å². The van der Waals surface area contributed by atoms with Gasteiger partial charge in [0.15, 0.2) is 0 Å². The third kappa shape index (κ3) is 2.98. The van der Waals surface area contributed by atoms with Crippen molar-refractivity contribution in [1.82, 2.24) is 14.7 Å². The Bertz CT molecular complexity index is 376. The molecule has 0 bridgehead atoms. The third-order valence-corrected chi connectivity index (χ3v) is 3.19. The van der Waals surface area contributed by atoms with Gasteiger partial charge in [0.25, 0.3) is 0 Å². The van der Waals surface area contributed by atoms with Gasteiger partial charge in [-0.25, -0.2) is 0 Å². The number of thioether (sulfide) groups is 1. The lowest BCUT2D eigenvalue weighted by atomic mass is 10.3. The number of hydrogen-bond donors (Lipinski definition) is 0. The molecule has 0 aromatic carbocycles. The van der Waals surface area contributed by atoms with Crippen LogP contribution in [0.25, 0.3) is 0 Å². The standard InChI is InChI=1S/C10H16N4S/c1-8-9(7-11)10(14(4)12-8)15-6-5-13(2)3/h5-6H2,1-4H3. The lowest BCUT2D eigenvalue weighted by Gasteiger charge is -2.08. The van der Waals surface area contributed by atoms with Crippen molar-refractivity contribution < 1.29 is 0 Å². The Morgan fingerprint density at radius 2 is 2.20 bits per heavy atom. The number of aromatic nitrogens is 2. The molecule has 0 amide bonds. The van der Waals surface area contributed by atoms with Gasteiger partial charge in [-0.1, -0.05) is 0 Å². The Kier molecular flexibility index (Phi) is 4.18. The summed E-state index contributed by atoms with van der Waals surface area (Å²) in [4.78, 5) is 2.13. The van der Waals surface area contributed by atoms with E-state index < -0.39 is 0 Å². The zero-order valence-corrected chi connectivity index (χ0v) is 10.4. The van der Waals surface area contributed by atoms with Gasteiger partial charge in [0.1, 0.15) is 16.7 Å². The lowest BCUT2D eigenvalue weighted by Crippen LogP contribution is -2.15. The fourth-order valence-electron chi connectivity index (χ4n) is 1.26. The molecule has 4 nitrogen and oxygen atoms in total. The number of rotatable bonds is 4. The molecule has 5 heteroatoms.